The maximum Gasteiger partial charge on any atom is 0.0364 e. The van der Waals surface area contributed by atoms with Crippen molar-refractivity contribution in [3.05, 3.63) is 27.8 Å². The highest BCUT2D eigenvalue weighted by Crippen LogP contribution is 2.29. The molecule has 1 aliphatic heterocycles. The minimum atomic E-state index is 0.849. The second kappa shape index (κ2) is 7.97. The molecular formula is C18H28IN3. The lowest BCUT2D eigenvalue weighted by Gasteiger charge is -2.40. The summed E-state index contributed by atoms with van der Waals surface area (Å²) in [6.45, 7) is 6.05. The Morgan fingerprint density at radius 1 is 1.09 bits per heavy atom. The molecule has 0 aromatic heterocycles. The molecule has 0 spiro atoms. The van der Waals surface area contributed by atoms with Crippen molar-refractivity contribution in [1.29, 1.82) is 0 Å². The van der Waals surface area contributed by atoms with Gasteiger partial charge in [0.15, 0.2) is 0 Å². The van der Waals surface area contributed by atoms with E-state index in [1.54, 1.807) is 0 Å². The standard InChI is InChI=1S/C18H28IN3/c1-21(17-8-4-16(19)5-9-17)14-15-2-6-18(7-3-15)22-12-10-20-11-13-22/h4-5,8-9,15,18,20H,2-3,6-7,10-14H2,1H3. The van der Waals surface area contributed by atoms with E-state index >= 15 is 0 Å². The quantitative estimate of drug-likeness (QED) is 0.766. The fraction of sp³-hybridized carbons (Fsp3) is 0.667. The molecule has 1 aromatic carbocycles. The van der Waals surface area contributed by atoms with E-state index in [2.05, 4.69) is 69.0 Å². The zero-order valence-corrected chi connectivity index (χ0v) is 15.8. The average molecular weight is 413 g/mol. The monoisotopic (exact) mass is 413 g/mol. The average Bonchev–Trinajstić information content (AvgIpc) is 2.57. The van der Waals surface area contributed by atoms with E-state index in [1.165, 1.54) is 67.7 Å². The van der Waals surface area contributed by atoms with Crippen LogP contribution >= 0.6 is 22.6 Å². The Kier molecular flexibility index (Phi) is 5.99. The van der Waals surface area contributed by atoms with Gasteiger partial charge in [-0.15, -0.1) is 0 Å². The van der Waals surface area contributed by atoms with Crippen LogP contribution in [0.15, 0.2) is 24.3 Å². The van der Waals surface area contributed by atoms with Crippen LogP contribution in [0.25, 0.3) is 0 Å². The highest BCUT2D eigenvalue weighted by atomic mass is 127. The molecule has 0 atom stereocenters. The van der Waals surface area contributed by atoms with Gasteiger partial charge in [-0.05, 0) is 78.5 Å². The first kappa shape index (κ1) is 16.5. The van der Waals surface area contributed by atoms with Crippen molar-refractivity contribution in [2.24, 2.45) is 5.92 Å². The molecule has 1 N–H and O–H groups in total. The SMILES string of the molecule is CN(CC1CCC(N2CCNCC2)CC1)c1ccc(I)cc1. The second-order valence-electron chi connectivity index (χ2n) is 6.82. The molecule has 1 aromatic rings. The molecule has 122 valence electrons. The first-order valence-corrected chi connectivity index (χ1v) is 9.72. The predicted octanol–water partition coefficient (Wildman–Crippen LogP) is 3.19. The number of piperazine rings is 1. The second-order valence-corrected chi connectivity index (χ2v) is 8.06. The Hall–Kier alpha value is -0.330. The summed E-state index contributed by atoms with van der Waals surface area (Å²) in [5.41, 5.74) is 1.35. The third-order valence-corrected chi connectivity index (χ3v) is 6.00. The highest BCUT2D eigenvalue weighted by Gasteiger charge is 2.27. The summed E-state index contributed by atoms with van der Waals surface area (Å²) in [5.74, 6) is 0.864. The number of hydrogen-bond donors (Lipinski definition) is 1. The zero-order valence-electron chi connectivity index (χ0n) is 13.6. The molecule has 2 aliphatic rings. The molecule has 4 heteroatoms. The van der Waals surface area contributed by atoms with Gasteiger partial charge in [0.05, 0.1) is 0 Å². The van der Waals surface area contributed by atoms with Gasteiger partial charge in [0.1, 0.15) is 0 Å². The Morgan fingerprint density at radius 2 is 1.73 bits per heavy atom. The molecule has 1 saturated heterocycles. The number of rotatable bonds is 4. The molecule has 0 amide bonds. The van der Waals surface area contributed by atoms with Gasteiger partial charge in [-0.1, -0.05) is 0 Å². The molecule has 3 nitrogen and oxygen atoms in total. The highest BCUT2D eigenvalue weighted by molar-refractivity contribution is 14.1. The van der Waals surface area contributed by atoms with Crippen LogP contribution in [0.2, 0.25) is 0 Å². The topological polar surface area (TPSA) is 18.5 Å². The van der Waals surface area contributed by atoms with Crippen LogP contribution in [0, 0.1) is 9.49 Å². The Morgan fingerprint density at radius 3 is 2.36 bits per heavy atom. The largest absolute Gasteiger partial charge is 0.374 e. The van der Waals surface area contributed by atoms with Gasteiger partial charge in [-0.25, -0.2) is 0 Å². The molecular weight excluding hydrogens is 385 g/mol. The number of hydrogen-bond acceptors (Lipinski definition) is 3. The molecule has 0 unspecified atom stereocenters. The van der Waals surface area contributed by atoms with Crippen molar-refractivity contribution < 1.29 is 0 Å². The Balaban J connectivity index is 1.46. The van der Waals surface area contributed by atoms with Crippen LogP contribution in [0.5, 0.6) is 0 Å². The van der Waals surface area contributed by atoms with E-state index in [0.29, 0.717) is 0 Å². The summed E-state index contributed by atoms with van der Waals surface area (Å²) in [6, 6.07) is 9.74. The van der Waals surface area contributed by atoms with Crippen molar-refractivity contribution in [2.45, 2.75) is 31.7 Å². The van der Waals surface area contributed by atoms with Gasteiger partial charge < -0.3 is 10.2 Å². The number of nitrogens with zero attached hydrogens (tertiary/aromatic N) is 2. The zero-order chi connectivity index (χ0) is 15.4. The molecule has 2 fully saturated rings. The van der Waals surface area contributed by atoms with Crippen LogP contribution in [0.3, 0.4) is 0 Å². The van der Waals surface area contributed by atoms with Crippen LogP contribution < -0.4 is 10.2 Å². The van der Waals surface area contributed by atoms with Crippen LogP contribution in [0.4, 0.5) is 5.69 Å². The van der Waals surface area contributed by atoms with E-state index in [1.807, 2.05) is 0 Å². The van der Waals surface area contributed by atoms with Crippen molar-refractivity contribution in [3.63, 3.8) is 0 Å². The van der Waals surface area contributed by atoms with Crippen LogP contribution in [-0.2, 0) is 0 Å². The molecule has 0 radical (unpaired) electrons. The van der Waals surface area contributed by atoms with Gasteiger partial charge >= 0.3 is 0 Å². The van der Waals surface area contributed by atoms with Gasteiger partial charge in [0.2, 0.25) is 0 Å². The molecule has 22 heavy (non-hydrogen) atoms. The predicted molar refractivity (Wildman–Crippen MR) is 103 cm³/mol. The lowest BCUT2D eigenvalue weighted by molar-refractivity contribution is 0.123. The van der Waals surface area contributed by atoms with Crippen molar-refractivity contribution in [2.75, 3.05) is 44.7 Å². The minimum Gasteiger partial charge on any atom is -0.374 e. The number of benzene rings is 1. The molecule has 1 aliphatic carbocycles. The Bertz CT molecular complexity index is 448. The molecule has 1 saturated carbocycles. The first-order valence-electron chi connectivity index (χ1n) is 8.64. The first-order chi connectivity index (χ1) is 10.7. The maximum absolute atomic E-state index is 3.46. The molecule has 3 rings (SSSR count). The van der Waals surface area contributed by atoms with Gasteiger partial charge in [-0.2, -0.15) is 0 Å². The summed E-state index contributed by atoms with van der Waals surface area (Å²) in [4.78, 5) is 5.15. The van der Waals surface area contributed by atoms with Crippen molar-refractivity contribution in [1.82, 2.24) is 10.2 Å². The molecule has 1 heterocycles. The van der Waals surface area contributed by atoms with Crippen molar-refractivity contribution >= 4 is 28.3 Å². The van der Waals surface area contributed by atoms with E-state index in [4.69, 9.17) is 0 Å². The molecule has 0 bridgehead atoms. The van der Waals surface area contributed by atoms with Gasteiger partial charge in [0.25, 0.3) is 0 Å². The summed E-state index contributed by atoms with van der Waals surface area (Å²) < 4.78 is 1.31. The summed E-state index contributed by atoms with van der Waals surface area (Å²) >= 11 is 2.37. The van der Waals surface area contributed by atoms with Crippen LogP contribution in [-0.4, -0.2) is 50.7 Å². The normalized spacial score (nSPS) is 26.8. The summed E-state index contributed by atoms with van der Waals surface area (Å²) in [7, 11) is 2.24. The smallest absolute Gasteiger partial charge is 0.0364 e. The van der Waals surface area contributed by atoms with E-state index in [9.17, 15) is 0 Å². The van der Waals surface area contributed by atoms with E-state index in [-0.39, 0.29) is 0 Å². The number of nitrogens with one attached hydrogen (secondary N) is 1. The lowest BCUT2D eigenvalue weighted by atomic mass is 9.84. The maximum atomic E-state index is 3.46. The van der Waals surface area contributed by atoms with Crippen LogP contribution in [0.1, 0.15) is 25.7 Å². The van der Waals surface area contributed by atoms with Gasteiger partial charge in [-0.3, -0.25) is 4.90 Å². The summed E-state index contributed by atoms with van der Waals surface area (Å²) in [5, 5.41) is 3.46. The number of anilines is 1. The van der Waals surface area contributed by atoms with Crippen molar-refractivity contribution in [3.8, 4) is 0 Å². The fourth-order valence-corrected chi connectivity index (χ4v) is 4.29. The third kappa shape index (κ3) is 4.36. The van der Waals surface area contributed by atoms with Gasteiger partial charge in [0, 0.05) is 55.1 Å². The summed E-state index contributed by atoms with van der Waals surface area (Å²) in [6.07, 6.45) is 5.57. The lowest BCUT2D eigenvalue weighted by Crippen LogP contribution is -2.49. The Labute approximate surface area is 148 Å². The number of halogens is 1. The van der Waals surface area contributed by atoms with E-state index < -0.39 is 0 Å². The third-order valence-electron chi connectivity index (χ3n) is 5.28. The fourth-order valence-electron chi connectivity index (χ4n) is 3.93. The minimum absolute atomic E-state index is 0.849. The van der Waals surface area contributed by atoms with E-state index in [0.717, 1.165) is 12.0 Å².